The van der Waals surface area contributed by atoms with Gasteiger partial charge in [0.25, 0.3) is 5.91 Å². The van der Waals surface area contributed by atoms with Gasteiger partial charge in [0.1, 0.15) is 11.5 Å². The van der Waals surface area contributed by atoms with Gasteiger partial charge in [0, 0.05) is 25.7 Å². The van der Waals surface area contributed by atoms with Crippen LogP contribution in [0, 0.1) is 5.41 Å². The van der Waals surface area contributed by atoms with Crippen LogP contribution < -0.4 is 16.0 Å². The number of nitrogens with one attached hydrogen (secondary N) is 4. The van der Waals surface area contributed by atoms with Gasteiger partial charge in [-0.25, -0.2) is 0 Å². The molecule has 0 radical (unpaired) electrons. The van der Waals surface area contributed by atoms with Gasteiger partial charge in [-0.3, -0.25) is 9.59 Å². The van der Waals surface area contributed by atoms with E-state index in [0.29, 0.717) is 47.6 Å². The minimum absolute atomic E-state index is 0.255. The van der Waals surface area contributed by atoms with Crippen molar-refractivity contribution in [1.29, 1.82) is 5.41 Å². The van der Waals surface area contributed by atoms with E-state index in [4.69, 9.17) is 33.3 Å². The van der Waals surface area contributed by atoms with Crippen molar-refractivity contribution < 1.29 is 14.3 Å². The maximum Gasteiger partial charge on any atom is 0.305 e. The van der Waals surface area contributed by atoms with E-state index >= 15 is 0 Å². The van der Waals surface area contributed by atoms with E-state index in [1.54, 1.807) is 39.0 Å². The van der Waals surface area contributed by atoms with E-state index in [1.165, 1.54) is 0 Å². The Balaban J connectivity index is 2.66. The SMILES string of the molecule is C/C=C(\NCc1ccc(Cl)c(Cl)c1)NC(=O)/C(NCCCC(=O)OCC)=C(\C)C=N. The molecule has 0 spiro atoms. The highest BCUT2D eigenvalue weighted by Crippen LogP contribution is 2.22. The molecule has 9 heteroatoms. The van der Waals surface area contributed by atoms with Crippen LogP contribution >= 0.6 is 23.2 Å². The minimum Gasteiger partial charge on any atom is -0.466 e. The van der Waals surface area contributed by atoms with E-state index < -0.39 is 0 Å². The second kappa shape index (κ2) is 13.7. The molecule has 0 aliphatic heterocycles. The van der Waals surface area contributed by atoms with Crippen molar-refractivity contribution in [2.45, 2.75) is 40.2 Å². The summed E-state index contributed by atoms with van der Waals surface area (Å²) in [6, 6.07) is 5.30. The second-order valence-electron chi connectivity index (χ2n) is 6.30. The first-order chi connectivity index (χ1) is 14.3. The number of ether oxygens (including phenoxy) is 1. The van der Waals surface area contributed by atoms with Crippen molar-refractivity contribution in [3.05, 3.63) is 57.0 Å². The van der Waals surface area contributed by atoms with Gasteiger partial charge in [-0.15, -0.1) is 0 Å². The molecule has 0 aliphatic carbocycles. The van der Waals surface area contributed by atoms with Crippen molar-refractivity contribution in [2.24, 2.45) is 0 Å². The van der Waals surface area contributed by atoms with E-state index in [0.717, 1.165) is 11.8 Å². The molecular weight excluding hydrogens is 427 g/mol. The molecule has 0 fully saturated rings. The van der Waals surface area contributed by atoms with Gasteiger partial charge in [-0.05, 0) is 56.5 Å². The predicted octanol–water partition coefficient (Wildman–Crippen LogP) is 3.92. The Hall–Kier alpha value is -2.51. The molecule has 0 bridgehead atoms. The highest BCUT2D eigenvalue weighted by atomic mass is 35.5. The average Bonchev–Trinajstić information content (AvgIpc) is 2.72. The number of carbonyl (C=O) groups excluding carboxylic acids is 2. The fraction of sp³-hybridized carbons (Fsp3) is 0.381. The molecule has 0 unspecified atom stereocenters. The lowest BCUT2D eigenvalue weighted by atomic mass is 10.2. The number of halogens is 2. The Labute approximate surface area is 187 Å². The molecule has 164 valence electrons. The lowest BCUT2D eigenvalue weighted by molar-refractivity contribution is -0.143. The molecule has 0 atom stereocenters. The molecule has 0 aromatic heterocycles. The summed E-state index contributed by atoms with van der Waals surface area (Å²) in [5.41, 5.74) is 1.65. The van der Waals surface area contributed by atoms with Crippen molar-refractivity contribution in [3.63, 3.8) is 0 Å². The number of allylic oxidation sites excluding steroid dienone is 2. The third kappa shape index (κ3) is 8.88. The number of benzene rings is 1. The topological polar surface area (TPSA) is 103 Å². The summed E-state index contributed by atoms with van der Waals surface area (Å²) < 4.78 is 4.88. The average molecular weight is 455 g/mol. The van der Waals surface area contributed by atoms with Gasteiger partial charge in [0.15, 0.2) is 0 Å². The maximum atomic E-state index is 12.7. The molecule has 1 rings (SSSR count). The first-order valence-corrected chi connectivity index (χ1v) is 10.3. The van der Waals surface area contributed by atoms with E-state index in [1.807, 2.05) is 6.07 Å². The zero-order valence-electron chi connectivity index (χ0n) is 17.4. The van der Waals surface area contributed by atoms with Crippen LogP contribution in [0.3, 0.4) is 0 Å². The first-order valence-electron chi connectivity index (χ1n) is 9.58. The molecule has 30 heavy (non-hydrogen) atoms. The molecule has 1 aromatic rings. The highest BCUT2D eigenvalue weighted by molar-refractivity contribution is 6.42. The van der Waals surface area contributed by atoms with Crippen LogP contribution in [0.1, 0.15) is 39.2 Å². The van der Waals surface area contributed by atoms with Gasteiger partial charge in [-0.2, -0.15) is 0 Å². The van der Waals surface area contributed by atoms with E-state index in [-0.39, 0.29) is 24.0 Å². The lowest BCUT2D eigenvalue weighted by Gasteiger charge is -2.16. The summed E-state index contributed by atoms with van der Waals surface area (Å²) in [6.45, 7) is 6.38. The third-order valence-corrected chi connectivity index (χ3v) is 4.75. The quantitative estimate of drug-likeness (QED) is 0.166. The fourth-order valence-corrected chi connectivity index (χ4v) is 2.72. The number of esters is 1. The van der Waals surface area contributed by atoms with Crippen LogP contribution in [0.15, 0.2) is 41.4 Å². The van der Waals surface area contributed by atoms with Crippen LogP contribution in [-0.2, 0) is 20.9 Å². The van der Waals surface area contributed by atoms with Crippen LogP contribution in [0.5, 0.6) is 0 Å². The molecule has 0 saturated heterocycles. The normalized spacial score (nSPS) is 12.0. The summed E-state index contributed by atoms with van der Waals surface area (Å²) in [4.78, 5) is 24.1. The van der Waals surface area contributed by atoms with Crippen LogP contribution in [0.4, 0.5) is 0 Å². The monoisotopic (exact) mass is 454 g/mol. The van der Waals surface area contributed by atoms with Crippen molar-refractivity contribution in [1.82, 2.24) is 16.0 Å². The zero-order valence-corrected chi connectivity index (χ0v) is 18.9. The van der Waals surface area contributed by atoms with Gasteiger partial charge in [0.05, 0.1) is 16.7 Å². The predicted molar refractivity (Wildman–Crippen MR) is 121 cm³/mol. The highest BCUT2D eigenvalue weighted by Gasteiger charge is 2.14. The van der Waals surface area contributed by atoms with Crippen LogP contribution in [-0.4, -0.2) is 31.2 Å². The molecule has 0 aliphatic rings. The summed E-state index contributed by atoms with van der Waals surface area (Å²) in [6.07, 6.45) is 3.59. The minimum atomic E-state index is -0.387. The van der Waals surface area contributed by atoms with E-state index in [2.05, 4.69) is 16.0 Å². The summed E-state index contributed by atoms with van der Waals surface area (Å²) in [7, 11) is 0. The van der Waals surface area contributed by atoms with Crippen molar-refractivity contribution in [3.8, 4) is 0 Å². The number of amides is 1. The van der Waals surface area contributed by atoms with Gasteiger partial charge in [-0.1, -0.05) is 29.3 Å². The van der Waals surface area contributed by atoms with E-state index in [9.17, 15) is 9.59 Å². The molecule has 7 nitrogen and oxygen atoms in total. The van der Waals surface area contributed by atoms with Crippen LogP contribution in [0.25, 0.3) is 0 Å². The molecule has 0 heterocycles. The Morgan fingerprint density at radius 2 is 1.93 bits per heavy atom. The number of rotatable bonds is 12. The number of hydrogen-bond acceptors (Lipinski definition) is 6. The molecule has 0 saturated carbocycles. The number of carbonyl (C=O) groups is 2. The van der Waals surface area contributed by atoms with Gasteiger partial charge >= 0.3 is 5.97 Å². The van der Waals surface area contributed by atoms with Crippen molar-refractivity contribution >= 4 is 41.3 Å². The standard InChI is InChI=1S/C21H28Cl2N4O3/c1-4-18(26-13-15-8-9-16(22)17(23)11-15)27-21(29)20(14(3)12-24)25-10-6-7-19(28)30-5-2/h4,8-9,11-12,24-26H,5-7,10,13H2,1-3H3,(H,27,29)/b18-4+,20-14-,24-12?. The zero-order chi connectivity index (χ0) is 22.5. The Morgan fingerprint density at radius 3 is 2.53 bits per heavy atom. The number of hydrogen-bond donors (Lipinski definition) is 4. The smallest absolute Gasteiger partial charge is 0.305 e. The maximum absolute atomic E-state index is 12.7. The Kier molecular flexibility index (Phi) is 11.6. The third-order valence-electron chi connectivity index (χ3n) is 4.01. The molecule has 4 N–H and O–H groups in total. The summed E-state index contributed by atoms with van der Waals surface area (Å²) in [5, 5.41) is 17.3. The van der Waals surface area contributed by atoms with Crippen molar-refractivity contribution in [2.75, 3.05) is 13.2 Å². The molecule has 1 amide bonds. The van der Waals surface area contributed by atoms with Gasteiger partial charge in [0.2, 0.25) is 0 Å². The molecular formula is C21H28Cl2N4O3. The largest absolute Gasteiger partial charge is 0.466 e. The summed E-state index contributed by atoms with van der Waals surface area (Å²) in [5.74, 6) is -0.155. The van der Waals surface area contributed by atoms with Crippen LogP contribution in [0.2, 0.25) is 10.0 Å². The lowest BCUT2D eigenvalue weighted by Crippen LogP contribution is -2.37. The Morgan fingerprint density at radius 1 is 1.20 bits per heavy atom. The Bertz CT molecular complexity index is 822. The first kappa shape index (κ1) is 25.5. The molecule has 1 aromatic carbocycles. The fourth-order valence-electron chi connectivity index (χ4n) is 2.40. The van der Waals surface area contributed by atoms with Gasteiger partial charge < -0.3 is 26.1 Å². The second-order valence-corrected chi connectivity index (χ2v) is 7.11. The summed E-state index contributed by atoms with van der Waals surface area (Å²) >= 11 is 12.0.